The first-order valence-electron chi connectivity index (χ1n) is 5.49. The molecule has 1 unspecified atom stereocenters. The lowest BCUT2D eigenvalue weighted by atomic mass is 10.1. The van der Waals surface area contributed by atoms with Crippen LogP contribution in [0.3, 0.4) is 0 Å². The minimum absolute atomic E-state index is 0.196. The fraction of sp³-hybridized carbons (Fsp3) is 0.583. The average Bonchev–Trinajstić information content (AvgIpc) is 2.23. The van der Waals surface area contributed by atoms with Gasteiger partial charge in [-0.05, 0) is 37.8 Å². The zero-order valence-electron chi connectivity index (χ0n) is 9.16. The molecule has 3 nitrogen and oxygen atoms in total. The Hall–Kier alpha value is -1.25. The second-order valence-corrected chi connectivity index (χ2v) is 4.19. The van der Waals surface area contributed by atoms with Crippen LogP contribution in [0.5, 0.6) is 0 Å². The molecular formula is C12H17NO2. The van der Waals surface area contributed by atoms with Crippen molar-refractivity contribution >= 4 is 5.91 Å². The van der Waals surface area contributed by atoms with Gasteiger partial charge in [0.05, 0.1) is 5.76 Å². The maximum absolute atomic E-state index is 11.7. The maximum atomic E-state index is 11.7. The lowest BCUT2D eigenvalue weighted by Crippen LogP contribution is -2.46. The van der Waals surface area contributed by atoms with Crippen LogP contribution in [0.15, 0.2) is 24.0 Å². The summed E-state index contributed by atoms with van der Waals surface area (Å²) in [5, 5.41) is 0. The highest BCUT2D eigenvalue weighted by atomic mass is 16.5. The Morgan fingerprint density at radius 3 is 3.07 bits per heavy atom. The molecule has 0 radical (unpaired) electrons. The normalized spacial score (nSPS) is 27.4. The van der Waals surface area contributed by atoms with E-state index in [-0.39, 0.29) is 12.1 Å². The molecule has 0 saturated carbocycles. The average molecular weight is 207 g/mol. The van der Waals surface area contributed by atoms with Gasteiger partial charge < -0.3 is 9.64 Å². The van der Waals surface area contributed by atoms with Gasteiger partial charge in [-0.25, -0.2) is 0 Å². The molecule has 15 heavy (non-hydrogen) atoms. The van der Waals surface area contributed by atoms with Crippen LogP contribution in [0.2, 0.25) is 0 Å². The Bertz CT molecular complexity index is 320. The zero-order chi connectivity index (χ0) is 10.8. The van der Waals surface area contributed by atoms with Crippen LogP contribution in [-0.2, 0) is 9.53 Å². The third-order valence-corrected chi connectivity index (χ3v) is 2.94. The number of hydrogen-bond donors (Lipinski definition) is 0. The minimum atomic E-state index is -0.220. The van der Waals surface area contributed by atoms with Crippen LogP contribution in [-0.4, -0.2) is 23.6 Å². The van der Waals surface area contributed by atoms with Crippen LogP contribution < -0.4 is 0 Å². The molecule has 0 aromatic rings. The second kappa shape index (κ2) is 4.09. The molecule has 2 heterocycles. The highest BCUT2D eigenvalue weighted by Crippen LogP contribution is 2.26. The van der Waals surface area contributed by atoms with Gasteiger partial charge in [0.15, 0.2) is 6.23 Å². The molecule has 1 fully saturated rings. The molecule has 0 bridgehead atoms. The number of carbonyl (C=O) groups is 1. The maximum Gasteiger partial charge on any atom is 0.225 e. The van der Waals surface area contributed by atoms with Gasteiger partial charge in [0.1, 0.15) is 0 Å². The molecular weight excluding hydrogens is 190 g/mol. The van der Waals surface area contributed by atoms with Crippen LogP contribution in [0.1, 0.15) is 32.6 Å². The summed E-state index contributed by atoms with van der Waals surface area (Å²) in [5.41, 5.74) is 0.982. The molecule has 3 heteroatoms. The molecule has 0 aromatic heterocycles. The lowest BCUT2D eigenvalue weighted by Gasteiger charge is -2.37. The number of nitrogens with zero attached hydrogens (tertiary/aromatic N) is 1. The van der Waals surface area contributed by atoms with Gasteiger partial charge in [-0.15, -0.1) is 0 Å². The van der Waals surface area contributed by atoms with Gasteiger partial charge in [-0.3, -0.25) is 4.79 Å². The van der Waals surface area contributed by atoms with Crippen molar-refractivity contribution in [1.82, 2.24) is 4.90 Å². The molecule has 1 amide bonds. The van der Waals surface area contributed by atoms with Crippen LogP contribution in [0.25, 0.3) is 0 Å². The van der Waals surface area contributed by atoms with Crippen molar-refractivity contribution in [1.29, 1.82) is 0 Å². The predicted octanol–water partition coefficient (Wildman–Crippen LogP) is 2.21. The van der Waals surface area contributed by atoms with E-state index in [2.05, 4.69) is 6.58 Å². The van der Waals surface area contributed by atoms with Crippen molar-refractivity contribution < 1.29 is 9.53 Å². The summed E-state index contributed by atoms with van der Waals surface area (Å²) in [7, 11) is 0. The first-order valence-corrected chi connectivity index (χ1v) is 5.49. The van der Waals surface area contributed by atoms with E-state index in [9.17, 15) is 4.79 Å². The van der Waals surface area contributed by atoms with Crippen LogP contribution in [0.4, 0.5) is 0 Å². The second-order valence-electron chi connectivity index (χ2n) is 4.19. The Morgan fingerprint density at radius 2 is 2.33 bits per heavy atom. The molecule has 2 rings (SSSR count). The molecule has 0 aromatic carbocycles. The summed E-state index contributed by atoms with van der Waals surface area (Å²) in [6.07, 6.45) is 5.33. The molecule has 2 aliphatic heterocycles. The summed E-state index contributed by atoms with van der Waals surface area (Å²) in [5.74, 6) is 1.09. The molecule has 82 valence electrons. The van der Waals surface area contributed by atoms with Crippen molar-refractivity contribution in [2.75, 3.05) is 6.54 Å². The van der Waals surface area contributed by atoms with E-state index >= 15 is 0 Å². The summed E-state index contributed by atoms with van der Waals surface area (Å²) >= 11 is 0. The third-order valence-electron chi connectivity index (χ3n) is 2.94. The van der Waals surface area contributed by atoms with E-state index in [4.69, 9.17) is 4.74 Å². The van der Waals surface area contributed by atoms with Gasteiger partial charge in [0.2, 0.25) is 5.91 Å². The summed E-state index contributed by atoms with van der Waals surface area (Å²) in [4.78, 5) is 13.6. The highest BCUT2D eigenvalue weighted by molar-refractivity contribution is 5.77. The van der Waals surface area contributed by atoms with Gasteiger partial charge in [-0.1, -0.05) is 6.58 Å². The van der Waals surface area contributed by atoms with Crippen LogP contribution in [0, 0.1) is 0 Å². The van der Waals surface area contributed by atoms with E-state index < -0.39 is 0 Å². The Balaban J connectivity index is 2.11. The number of ether oxygens (including phenoxy) is 1. The Labute approximate surface area is 90.4 Å². The summed E-state index contributed by atoms with van der Waals surface area (Å²) in [6, 6.07) is 0. The first kappa shape index (κ1) is 10.3. The van der Waals surface area contributed by atoms with Crippen molar-refractivity contribution in [3.8, 4) is 0 Å². The van der Waals surface area contributed by atoms with E-state index in [0.717, 1.165) is 37.1 Å². The number of likely N-dealkylation sites (tertiary alicyclic amines) is 1. The van der Waals surface area contributed by atoms with Crippen molar-refractivity contribution in [3.63, 3.8) is 0 Å². The van der Waals surface area contributed by atoms with Crippen molar-refractivity contribution in [3.05, 3.63) is 24.0 Å². The third kappa shape index (κ3) is 2.06. The predicted molar refractivity (Wildman–Crippen MR) is 58.0 cm³/mol. The van der Waals surface area contributed by atoms with Crippen molar-refractivity contribution in [2.45, 2.75) is 38.8 Å². The van der Waals surface area contributed by atoms with E-state index in [1.165, 1.54) is 0 Å². The number of hydrogen-bond acceptors (Lipinski definition) is 2. The smallest absolute Gasteiger partial charge is 0.225 e. The highest BCUT2D eigenvalue weighted by Gasteiger charge is 2.30. The number of piperidine rings is 1. The Morgan fingerprint density at radius 1 is 1.53 bits per heavy atom. The van der Waals surface area contributed by atoms with Crippen LogP contribution >= 0.6 is 0 Å². The van der Waals surface area contributed by atoms with Gasteiger partial charge in [-0.2, -0.15) is 0 Å². The van der Waals surface area contributed by atoms with Gasteiger partial charge in [0.25, 0.3) is 0 Å². The number of carbonyl (C=O) groups excluding carboxylic acids is 1. The quantitative estimate of drug-likeness (QED) is 0.617. The molecule has 0 N–H and O–H groups in total. The molecule has 2 aliphatic rings. The van der Waals surface area contributed by atoms with Gasteiger partial charge in [0, 0.05) is 13.0 Å². The van der Waals surface area contributed by atoms with E-state index in [0.29, 0.717) is 6.42 Å². The van der Waals surface area contributed by atoms with Gasteiger partial charge >= 0.3 is 0 Å². The van der Waals surface area contributed by atoms with Crippen molar-refractivity contribution in [2.24, 2.45) is 0 Å². The summed E-state index contributed by atoms with van der Waals surface area (Å²) in [6.45, 7) is 6.70. The monoisotopic (exact) mass is 207 g/mol. The summed E-state index contributed by atoms with van der Waals surface area (Å²) < 4.78 is 5.68. The fourth-order valence-corrected chi connectivity index (χ4v) is 2.04. The zero-order valence-corrected chi connectivity index (χ0v) is 9.16. The number of rotatable bonds is 1. The largest absolute Gasteiger partial charge is 0.472 e. The Kier molecular flexibility index (Phi) is 2.80. The SMILES string of the molecule is C=C1CC=C(C)OC1N1CCCCC1=O. The molecule has 1 saturated heterocycles. The lowest BCUT2D eigenvalue weighted by molar-refractivity contribution is -0.143. The fourth-order valence-electron chi connectivity index (χ4n) is 2.04. The standard InChI is InChI=1S/C12H17NO2/c1-9-6-7-10(2)15-12(9)13-8-4-3-5-11(13)14/h7,12H,1,3-6,8H2,2H3. The minimum Gasteiger partial charge on any atom is -0.472 e. The van der Waals surface area contributed by atoms with E-state index in [1.54, 1.807) is 0 Å². The first-order chi connectivity index (χ1) is 7.18. The van der Waals surface area contributed by atoms with E-state index in [1.807, 2.05) is 17.9 Å². The molecule has 1 atom stereocenters. The topological polar surface area (TPSA) is 29.5 Å². The number of amides is 1. The number of allylic oxidation sites excluding steroid dienone is 2. The molecule has 0 spiro atoms. The molecule has 0 aliphatic carbocycles.